The Bertz CT molecular complexity index is 1220. The predicted molar refractivity (Wildman–Crippen MR) is 134 cm³/mol. The van der Waals surface area contributed by atoms with E-state index >= 15 is 0 Å². The first-order chi connectivity index (χ1) is 16.9. The quantitative estimate of drug-likeness (QED) is 0.261. The maximum atomic E-state index is 12.8. The van der Waals surface area contributed by atoms with Crippen LogP contribution in [-0.2, 0) is 4.79 Å². The smallest absolute Gasteiger partial charge is 0.311 e. The highest BCUT2D eigenvalue weighted by Gasteiger charge is 2.29. The van der Waals surface area contributed by atoms with E-state index < -0.39 is 4.92 Å². The highest BCUT2D eigenvalue weighted by Crippen LogP contribution is 2.39. The molecule has 1 fully saturated rings. The van der Waals surface area contributed by atoms with Crippen LogP contribution in [0.5, 0.6) is 5.75 Å². The van der Waals surface area contributed by atoms with Gasteiger partial charge in [0.2, 0.25) is 5.91 Å². The fraction of sp³-hybridized carbons (Fsp3) is 0.417. The number of pyridine rings is 1. The molecule has 1 aromatic carbocycles. The largest absolute Gasteiger partial charge is 0.490 e. The minimum atomic E-state index is -0.508. The molecule has 35 heavy (non-hydrogen) atoms. The number of rotatable bonds is 8. The van der Waals surface area contributed by atoms with Gasteiger partial charge in [0.15, 0.2) is 16.7 Å². The second-order valence-electron chi connectivity index (χ2n) is 8.68. The number of nitrogens with one attached hydrogen (secondary N) is 1. The Balaban J connectivity index is 1.54. The summed E-state index contributed by atoms with van der Waals surface area (Å²) in [5.74, 6) is 1.19. The number of aryl methyl sites for hydroxylation is 1. The van der Waals surface area contributed by atoms with E-state index in [-0.39, 0.29) is 29.1 Å². The SMILES string of the molecule is COc1cc(NC(=O)CSc2nnc(-c3cccnc3)n2[C@H]2CCCC[C@@H]2C)c(C)cc1[N+](=O)[O-]. The van der Waals surface area contributed by atoms with Crippen LogP contribution >= 0.6 is 11.8 Å². The Kier molecular flexibility index (Phi) is 7.64. The summed E-state index contributed by atoms with van der Waals surface area (Å²) in [6.45, 7) is 3.96. The molecule has 2 heterocycles. The van der Waals surface area contributed by atoms with Crippen LogP contribution in [0, 0.1) is 23.0 Å². The van der Waals surface area contributed by atoms with Crippen molar-refractivity contribution in [3.05, 3.63) is 52.3 Å². The van der Waals surface area contributed by atoms with Gasteiger partial charge < -0.3 is 10.1 Å². The molecule has 1 aliphatic carbocycles. The summed E-state index contributed by atoms with van der Waals surface area (Å²) in [4.78, 5) is 27.8. The summed E-state index contributed by atoms with van der Waals surface area (Å²) in [6.07, 6.45) is 8.04. The molecule has 3 aromatic rings. The van der Waals surface area contributed by atoms with E-state index in [1.54, 1.807) is 19.3 Å². The molecule has 184 valence electrons. The average molecular weight is 497 g/mol. The van der Waals surface area contributed by atoms with Gasteiger partial charge >= 0.3 is 5.69 Å². The molecule has 1 N–H and O–H groups in total. The van der Waals surface area contributed by atoms with Crippen molar-refractivity contribution in [1.29, 1.82) is 0 Å². The molecule has 10 nitrogen and oxygen atoms in total. The van der Waals surface area contributed by atoms with Crippen molar-refractivity contribution in [2.45, 2.75) is 50.7 Å². The number of benzene rings is 1. The maximum absolute atomic E-state index is 12.8. The van der Waals surface area contributed by atoms with E-state index in [1.807, 2.05) is 12.1 Å². The molecular formula is C24H28N6O4S. The molecule has 11 heteroatoms. The molecule has 0 aliphatic heterocycles. The van der Waals surface area contributed by atoms with Crippen molar-refractivity contribution in [2.24, 2.45) is 5.92 Å². The third kappa shape index (κ3) is 5.45. The number of hydrogen-bond acceptors (Lipinski definition) is 8. The van der Waals surface area contributed by atoms with Gasteiger partial charge in [0.05, 0.1) is 17.8 Å². The first kappa shape index (κ1) is 24.6. The van der Waals surface area contributed by atoms with Crippen LogP contribution in [0.3, 0.4) is 0 Å². The number of thioether (sulfide) groups is 1. The highest BCUT2D eigenvalue weighted by atomic mass is 32.2. The summed E-state index contributed by atoms with van der Waals surface area (Å²) >= 11 is 1.33. The van der Waals surface area contributed by atoms with Crippen molar-refractivity contribution < 1.29 is 14.5 Å². The van der Waals surface area contributed by atoms with E-state index in [0.29, 0.717) is 22.3 Å². The number of amides is 1. The second kappa shape index (κ2) is 10.9. The van der Waals surface area contributed by atoms with Crippen molar-refractivity contribution in [3.8, 4) is 17.1 Å². The zero-order valence-electron chi connectivity index (χ0n) is 19.9. The van der Waals surface area contributed by atoms with Gasteiger partial charge in [-0.1, -0.05) is 31.5 Å². The Morgan fingerprint density at radius 3 is 2.80 bits per heavy atom. The number of carbonyl (C=O) groups is 1. The maximum Gasteiger partial charge on any atom is 0.311 e. The van der Waals surface area contributed by atoms with Crippen molar-refractivity contribution in [2.75, 3.05) is 18.2 Å². The molecular weight excluding hydrogens is 468 g/mol. The van der Waals surface area contributed by atoms with E-state index in [1.165, 1.54) is 37.4 Å². The first-order valence-electron chi connectivity index (χ1n) is 11.5. The van der Waals surface area contributed by atoms with Gasteiger partial charge in [-0.25, -0.2) is 0 Å². The van der Waals surface area contributed by atoms with Gasteiger partial charge in [0, 0.05) is 41.8 Å². The van der Waals surface area contributed by atoms with E-state index in [2.05, 4.69) is 32.0 Å². The molecule has 2 atom stereocenters. The zero-order valence-corrected chi connectivity index (χ0v) is 20.7. The number of nitrogens with zero attached hydrogens (tertiary/aromatic N) is 5. The number of nitro groups is 1. The second-order valence-corrected chi connectivity index (χ2v) is 9.62. The fourth-order valence-electron chi connectivity index (χ4n) is 4.48. The van der Waals surface area contributed by atoms with E-state index in [9.17, 15) is 14.9 Å². The lowest BCUT2D eigenvalue weighted by Gasteiger charge is -2.31. The number of anilines is 1. The lowest BCUT2D eigenvalue weighted by atomic mass is 9.85. The predicted octanol–water partition coefficient (Wildman–Crippen LogP) is 5.05. The minimum absolute atomic E-state index is 0.0932. The normalized spacial score (nSPS) is 17.7. The standard InChI is InChI=1S/C24H28N6O4S/c1-15-7-4-5-9-19(15)29-23(17-8-6-10-25-13-17)27-28-24(29)35-14-22(31)26-18-12-21(34-3)20(30(32)33)11-16(18)2/h6,8,10-13,15,19H,4-5,7,9,14H2,1-3H3,(H,26,31)/t15-,19-/m0/s1. The molecule has 1 aliphatic rings. The number of carbonyl (C=O) groups excluding carboxylic acids is 1. The van der Waals surface area contributed by atoms with Crippen LogP contribution in [0.2, 0.25) is 0 Å². The molecule has 1 amide bonds. The van der Waals surface area contributed by atoms with Crippen LogP contribution in [0.15, 0.2) is 41.8 Å². The van der Waals surface area contributed by atoms with Crippen LogP contribution in [0.25, 0.3) is 11.4 Å². The third-order valence-electron chi connectivity index (χ3n) is 6.31. The Labute approximate surface area is 207 Å². The van der Waals surface area contributed by atoms with Crippen LogP contribution < -0.4 is 10.1 Å². The molecule has 1 saturated carbocycles. The fourth-order valence-corrected chi connectivity index (χ4v) is 5.27. The first-order valence-corrected chi connectivity index (χ1v) is 12.5. The molecule has 0 bridgehead atoms. The van der Waals surface area contributed by atoms with Gasteiger partial charge in [0.25, 0.3) is 0 Å². The summed E-state index contributed by atoms with van der Waals surface area (Å²) in [5, 5.41) is 23.7. The number of hydrogen-bond donors (Lipinski definition) is 1. The topological polar surface area (TPSA) is 125 Å². The van der Waals surface area contributed by atoms with Crippen molar-refractivity contribution in [1.82, 2.24) is 19.7 Å². The van der Waals surface area contributed by atoms with E-state index in [4.69, 9.17) is 4.74 Å². The average Bonchev–Trinajstić information content (AvgIpc) is 3.28. The lowest BCUT2D eigenvalue weighted by molar-refractivity contribution is -0.385. The van der Waals surface area contributed by atoms with Gasteiger partial charge in [-0.15, -0.1) is 10.2 Å². The highest BCUT2D eigenvalue weighted by molar-refractivity contribution is 7.99. The summed E-state index contributed by atoms with van der Waals surface area (Å²) in [6, 6.07) is 6.96. The lowest BCUT2D eigenvalue weighted by Crippen LogP contribution is -2.23. The number of nitro benzene ring substituents is 1. The van der Waals surface area contributed by atoms with E-state index in [0.717, 1.165) is 30.7 Å². The Morgan fingerprint density at radius 1 is 1.31 bits per heavy atom. The number of methoxy groups -OCH3 is 1. The van der Waals surface area contributed by atoms with Crippen LogP contribution in [-0.4, -0.2) is 43.4 Å². The van der Waals surface area contributed by atoms with Gasteiger partial charge in [-0.2, -0.15) is 0 Å². The molecule has 2 aromatic heterocycles. The molecule has 0 spiro atoms. The molecule has 0 radical (unpaired) electrons. The van der Waals surface area contributed by atoms with Gasteiger partial charge in [-0.05, 0) is 43.4 Å². The molecule has 0 saturated heterocycles. The van der Waals surface area contributed by atoms with Gasteiger partial charge in [-0.3, -0.25) is 24.5 Å². The minimum Gasteiger partial charge on any atom is -0.490 e. The van der Waals surface area contributed by atoms with Crippen LogP contribution in [0.1, 0.15) is 44.2 Å². The summed E-state index contributed by atoms with van der Waals surface area (Å²) in [7, 11) is 1.36. The monoisotopic (exact) mass is 496 g/mol. The Hall–Kier alpha value is -3.47. The molecule has 4 rings (SSSR count). The Morgan fingerprint density at radius 2 is 2.11 bits per heavy atom. The summed E-state index contributed by atoms with van der Waals surface area (Å²) in [5.41, 5.74) is 1.79. The zero-order chi connectivity index (χ0) is 24.9. The summed E-state index contributed by atoms with van der Waals surface area (Å²) < 4.78 is 7.29. The third-order valence-corrected chi connectivity index (χ3v) is 7.25. The van der Waals surface area contributed by atoms with Crippen LogP contribution in [0.4, 0.5) is 11.4 Å². The number of aromatic nitrogens is 4. The molecule has 0 unspecified atom stereocenters. The number of ether oxygens (including phenoxy) is 1. The van der Waals surface area contributed by atoms with Crippen molar-refractivity contribution >= 4 is 29.0 Å². The van der Waals surface area contributed by atoms with Crippen molar-refractivity contribution in [3.63, 3.8) is 0 Å². The van der Waals surface area contributed by atoms with Gasteiger partial charge in [0.1, 0.15) is 0 Å².